The summed E-state index contributed by atoms with van der Waals surface area (Å²) in [5.74, 6) is 0.000663. The minimum Gasteiger partial charge on any atom is -0.453 e. The van der Waals surface area contributed by atoms with Gasteiger partial charge >= 0.3 is 6.09 Å². The fraction of sp³-hybridized carbons (Fsp3) is 0.818. The van der Waals surface area contributed by atoms with Crippen molar-refractivity contribution >= 4 is 12.0 Å². The maximum Gasteiger partial charge on any atom is 0.407 e. The molecule has 2 heterocycles. The number of aliphatic hydroxyl groups is 1. The van der Waals surface area contributed by atoms with Crippen LogP contribution < -0.4 is 10.6 Å². The van der Waals surface area contributed by atoms with Gasteiger partial charge in [0.25, 0.3) is 0 Å². The van der Waals surface area contributed by atoms with Crippen molar-refractivity contribution in [3.05, 3.63) is 0 Å². The molecule has 2 rings (SSSR count). The van der Waals surface area contributed by atoms with Crippen LogP contribution in [0.25, 0.3) is 0 Å². The van der Waals surface area contributed by atoms with Gasteiger partial charge in [-0.15, -0.1) is 0 Å². The van der Waals surface area contributed by atoms with E-state index < -0.39 is 12.2 Å². The average molecular weight is 257 g/mol. The number of carbonyl (C=O) groups excluding carboxylic acids is 2. The van der Waals surface area contributed by atoms with Crippen molar-refractivity contribution in [1.82, 2.24) is 15.5 Å². The van der Waals surface area contributed by atoms with Crippen LogP contribution in [0.5, 0.6) is 0 Å². The Morgan fingerprint density at radius 3 is 2.89 bits per heavy atom. The lowest BCUT2D eigenvalue weighted by Gasteiger charge is -2.20. The number of aliphatic hydroxyl groups excluding tert-OH is 1. The molecule has 0 saturated carbocycles. The largest absolute Gasteiger partial charge is 0.453 e. The van der Waals surface area contributed by atoms with Gasteiger partial charge < -0.3 is 25.4 Å². The first-order chi connectivity index (χ1) is 8.60. The summed E-state index contributed by atoms with van der Waals surface area (Å²) in [4.78, 5) is 24.9. The highest BCUT2D eigenvalue weighted by Crippen LogP contribution is 2.15. The Hall–Kier alpha value is -1.34. The summed E-state index contributed by atoms with van der Waals surface area (Å²) >= 11 is 0. The SMILES string of the molecule is COC(=O)NC1CCN(C(=O)C2CC(O)CN2)C1. The van der Waals surface area contributed by atoms with Crippen LogP contribution in [-0.2, 0) is 9.53 Å². The maximum absolute atomic E-state index is 12.1. The number of nitrogens with zero attached hydrogens (tertiary/aromatic N) is 1. The number of nitrogens with one attached hydrogen (secondary N) is 2. The van der Waals surface area contributed by atoms with Crippen molar-refractivity contribution in [3.63, 3.8) is 0 Å². The number of amides is 2. The van der Waals surface area contributed by atoms with E-state index in [9.17, 15) is 14.7 Å². The number of ether oxygens (including phenoxy) is 1. The first kappa shape index (κ1) is 13.1. The van der Waals surface area contributed by atoms with Crippen LogP contribution in [0.1, 0.15) is 12.8 Å². The molecule has 2 aliphatic rings. The van der Waals surface area contributed by atoms with E-state index >= 15 is 0 Å². The Labute approximate surface area is 105 Å². The predicted molar refractivity (Wildman–Crippen MR) is 62.9 cm³/mol. The van der Waals surface area contributed by atoms with Crippen LogP contribution in [-0.4, -0.2) is 66.9 Å². The molecule has 3 N–H and O–H groups in total. The van der Waals surface area contributed by atoms with Gasteiger partial charge in [-0.1, -0.05) is 0 Å². The maximum atomic E-state index is 12.1. The molecule has 2 fully saturated rings. The topological polar surface area (TPSA) is 90.9 Å². The van der Waals surface area contributed by atoms with E-state index in [0.717, 1.165) is 6.42 Å². The minimum absolute atomic E-state index is 0.000663. The summed E-state index contributed by atoms with van der Waals surface area (Å²) < 4.78 is 4.52. The second kappa shape index (κ2) is 5.53. The highest BCUT2D eigenvalue weighted by Gasteiger charge is 2.35. The molecular weight excluding hydrogens is 238 g/mol. The quantitative estimate of drug-likeness (QED) is 0.570. The van der Waals surface area contributed by atoms with E-state index in [1.165, 1.54) is 7.11 Å². The van der Waals surface area contributed by atoms with Crippen molar-refractivity contribution in [2.24, 2.45) is 0 Å². The van der Waals surface area contributed by atoms with E-state index in [2.05, 4.69) is 15.4 Å². The van der Waals surface area contributed by atoms with Crippen molar-refractivity contribution < 1.29 is 19.4 Å². The molecule has 7 heteroatoms. The zero-order chi connectivity index (χ0) is 13.1. The van der Waals surface area contributed by atoms with Gasteiger partial charge in [0.05, 0.1) is 25.3 Å². The number of hydrogen-bond acceptors (Lipinski definition) is 5. The third-order valence-electron chi connectivity index (χ3n) is 3.41. The summed E-state index contributed by atoms with van der Waals surface area (Å²) in [5, 5.41) is 15.1. The van der Waals surface area contributed by atoms with Crippen molar-refractivity contribution in [2.45, 2.75) is 31.0 Å². The molecule has 0 aliphatic carbocycles. The molecule has 0 bridgehead atoms. The van der Waals surface area contributed by atoms with Crippen molar-refractivity contribution in [1.29, 1.82) is 0 Å². The second-order valence-corrected chi connectivity index (χ2v) is 4.76. The molecule has 7 nitrogen and oxygen atoms in total. The van der Waals surface area contributed by atoms with Gasteiger partial charge in [-0.25, -0.2) is 4.79 Å². The first-order valence-corrected chi connectivity index (χ1v) is 6.15. The number of methoxy groups -OCH3 is 1. The fourth-order valence-electron chi connectivity index (χ4n) is 2.43. The van der Waals surface area contributed by atoms with Gasteiger partial charge in [-0.05, 0) is 12.8 Å². The number of rotatable bonds is 2. The summed E-state index contributed by atoms with van der Waals surface area (Å²) in [6, 6.07) is -0.343. The standard InChI is InChI=1S/C11H19N3O4/c1-18-11(17)13-7-2-3-14(6-7)10(16)9-4-8(15)5-12-9/h7-9,12,15H,2-6H2,1H3,(H,13,17). The molecule has 0 spiro atoms. The van der Waals surface area contributed by atoms with E-state index in [4.69, 9.17) is 0 Å². The van der Waals surface area contributed by atoms with Crippen LogP contribution in [0.4, 0.5) is 4.79 Å². The summed E-state index contributed by atoms with van der Waals surface area (Å²) in [6.45, 7) is 1.60. The van der Waals surface area contributed by atoms with Crippen LogP contribution in [0.2, 0.25) is 0 Å². The predicted octanol–water partition coefficient (Wildman–Crippen LogP) is -1.33. The number of β-amino-alcohol motifs (C(OH)–C–C–N with tert-alkyl or cyclic N) is 1. The van der Waals surface area contributed by atoms with Crippen LogP contribution in [0, 0.1) is 0 Å². The smallest absolute Gasteiger partial charge is 0.407 e. The van der Waals surface area contributed by atoms with Crippen LogP contribution in [0.15, 0.2) is 0 Å². The van der Waals surface area contributed by atoms with Gasteiger partial charge in [-0.2, -0.15) is 0 Å². The minimum atomic E-state index is -0.469. The molecule has 18 heavy (non-hydrogen) atoms. The highest BCUT2D eigenvalue weighted by molar-refractivity contribution is 5.82. The lowest BCUT2D eigenvalue weighted by molar-refractivity contribution is -0.132. The van der Waals surface area contributed by atoms with Crippen molar-refractivity contribution in [2.75, 3.05) is 26.7 Å². The Kier molecular flexibility index (Phi) is 4.03. The zero-order valence-electron chi connectivity index (χ0n) is 10.4. The van der Waals surface area contributed by atoms with Gasteiger partial charge in [0.1, 0.15) is 0 Å². The summed E-state index contributed by atoms with van der Waals surface area (Å²) in [6.07, 6.45) is 0.287. The lowest BCUT2D eigenvalue weighted by atomic mass is 10.2. The number of likely N-dealkylation sites (tertiary alicyclic amines) is 1. The van der Waals surface area contributed by atoms with Gasteiger partial charge in [0.15, 0.2) is 0 Å². The molecule has 3 atom stereocenters. The molecule has 2 saturated heterocycles. The second-order valence-electron chi connectivity index (χ2n) is 4.76. The molecule has 0 aromatic carbocycles. The molecule has 102 valence electrons. The number of carbonyl (C=O) groups is 2. The van der Waals surface area contributed by atoms with Crippen LogP contribution in [0.3, 0.4) is 0 Å². The lowest BCUT2D eigenvalue weighted by Crippen LogP contribution is -2.44. The van der Waals surface area contributed by atoms with Crippen molar-refractivity contribution in [3.8, 4) is 0 Å². The summed E-state index contributed by atoms with van der Waals surface area (Å²) in [7, 11) is 1.32. The van der Waals surface area contributed by atoms with E-state index in [1.807, 2.05) is 0 Å². The fourth-order valence-corrected chi connectivity index (χ4v) is 2.43. The van der Waals surface area contributed by atoms with Crippen LogP contribution >= 0.6 is 0 Å². The Morgan fingerprint density at radius 1 is 1.50 bits per heavy atom. The normalized spacial score (nSPS) is 31.4. The Balaban J connectivity index is 1.81. The first-order valence-electron chi connectivity index (χ1n) is 6.15. The van der Waals surface area contributed by atoms with Gasteiger partial charge in [-0.3, -0.25) is 4.79 Å². The monoisotopic (exact) mass is 257 g/mol. The molecule has 2 amide bonds. The summed E-state index contributed by atoms with van der Waals surface area (Å²) in [5.41, 5.74) is 0. The van der Waals surface area contributed by atoms with Gasteiger partial charge in [0, 0.05) is 19.6 Å². The molecule has 0 aromatic heterocycles. The van der Waals surface area contributed by atoms with E-state index in [0.29, 0.717) is 26.1 Å². The molecule has 0 radical (unpaired) electrons. The molecular formula is C11H19N3O4. The van der Waals surface area contributed by atoms with E-state index in [1.54, 1.807) is 4.90 Å². The third-order valence-corrected chi connectivity index (χ3v) is 3.41. The third kappa shape index (κ3) is 2.91. The molecule has 2 aliphatic heterocycles. The van der Waals surface area contributed by atoms with Gasteiger partial charge in [0.2, 0.25) is 5.91 Å². The Bertz CT molecular complexity index is 336. The number of alkyl carbamates (subject to hydrolysis) is 1. The van der Waals surface area contributed by atoms with E-state index in [-0.39, 0.29) is 18.0 Å². The molecule has 0 aromatic rings. The molecule has 3 unspecified atom stereocenters. The number of hydrogen-bond donors (Lipinski definition) is 3. The zero-order valence-corrected chi connectivity index (χ0v) is 10.4. The average Bonchev–Trinajstić information content (AvgIpc) is 2.97. The Morgan fingerprint density at radius 2 is 2.28 bits per heavy atom. The highest BCUT2D eigenvalue weighted by atomic mass is 16.5.